The third kappa shape index (κ3) is 4.98. The molecule has 0 saturated carbocycles. The molecule has 3 N–H and O–H groups in total. The molecule has 1 aromatic rings. The van der Waals surface area contributed by atoms with Gasteiger partial charge in [0, 0.05) is 19.1 Å². The normalized spacial score (nSPS) is 22.5. The van der Waals surface area contributed by atoms with Crippen molar-refractivity contribution in [3.8, 4) is 5.75 Å². The second kappa shape index (κ2) is 8.87. The monoisotopic (exact) mass is 359 g/mol. The van der Waals surface area contributed by atoms with Crippen molar-refractivity contribution in [1.29, 1.82) is 0 Å². The molecule has 5 nitrogen and oxygen atoms in total. The first-order valence-electron chi connectivity index (χ1n) is 10.1. The smallest absolute Gasteiger partial charge is 0.237 e. The highest BCUT2D eigenvalue weighted by atomic mass is 16.3. The molecule has 0 bridgehead atoms. The second-order valence-corrected chi connectivity index (χ2v) is 8.16. The maximum absolute atomic E-state index is 12.9. The number of phenolic OH excluding ortho intramolecular Hbond substituents is 1. The van der Waals surface area contributed by atoms with Crippen molar-refractivity contribution in [2.45, 2.75) is 64.6 Å². The Labute approximate surface area is 157 Å². The number of hydrogen-bond acceptors (Lipinski definition) is 4. The summed E-state index contributed by atoms with van der Waals surface area (Å²) in [5.41, 5.74) is 2.23. The molecular formula is C21H33N3O2. The minimum Gasteiger partial charge on any atom is -0.508 e. The summed E-state index contributed by atoms with van der Waals surface area (Å²) in [6.45, 7) is 8.25. The van der Waals surface area contributed by atoms with Gasteiger partial charge in [-0.2, -0.15) is 0 Å². The van der Waals surface area contributed by atoms with Crippen LogP contribution < -0.4 is 10.6 Å². The van der Waals surface area contributed by atoms with Gasteiger partial charge < -0.3 is 20.6 Å². The number of benzene rings is 1. The number of amides is 1. The van der Waals surface area contributed by atoms with Gasteiger partial charge in [0.25, 0.3) is 0 Å². The van der Waals surface area contributed by atoms with Gasteiger partial charge in [0.15, 0.2) is 0 Å². The molecule has 1 amide bonds. The van der Waals surface area contributed by atoms with Crippen LogP contribution in [0.15, 0.2) is 18.2 Å². The van der Waals surface area contributed by atoms with Crippen LogP contribution in [-0.4, -0.2) is 47.6 Å². The van der Waals surface area contributed by atoms with Crippen molar-refractivity contribution >= 4 is 5.91 Å². The van der Waals surface area contributed by atoms with Crippen molar-refractivity contribution in [3.63, 3.8) is 0 Å². The number of fused-ring (bicyclic) bond motifs is 1. The Kier molecular flexibility index (Phi) is 6.54. The molecule has 2 aliphatic heterocycles. The molecule has 26 heavy (non-hydrogen) atoms. The van der Waals surface area contributed by atoms with Crippen LogP contribution in [0.5, 0.6) is 5.75 Å². The van der Waals surface area contributed by atoms with E-state index in [2.05, 4.69) is 29.4 Å². The molecular weight excluding hydrogens is 326 g/mol. The summed E-state index contributed by atoms with van der Waals surface area (Å²) >= 11 is 0. The summed E-state index contributed by atoms with van der Waals surface area (Å²) in [6.07, 6.45) is 5.88. The van der Waals surface area contributed by atoms with E-state index in [-0.39, 0.29) is 23.7 Å². The van der Waals surface area contributed by atoms with Gasteiger partial charge in [-0.3, -0.25) is 4.79 Å². The lowest BCUT2D eigenvalue weighted by molar-refractivity contribution is -0.124. The Balaban J connectivity index is 1.58. The second-order valence-electron chi connectivity index (χ2n) is 8.16. The van der Waals surface area contributed by atoms with Crippen LogP contribution >= 0.6 is 0 Å². The number of aromatic hydroxyl groups is 1. The molecule has 2 atom stereocenters. The van der Waals surface area contributed by atoms with Gasteiger partial charge in [-0.25, -0.2) is 0 Å². The van der Waals surface area contributed by atoms with E-state index in [0.29, 0.717) is 18.9 Å². The van der Waals surface area contributed by atoms with Crippen LogP contribution in [0, 0.1) is 5.92 Å². The average Bonchev–Trinajstić information content (AvgIpc) is 2.89. The number of phenols is 1. The first-order chi connectivity index (χ1) is 12.5. The summed E-state index contributed by atoms with van der Waals surface area (Å²) in [4.78, 5) is 15.4. The Morgan fingerprint density at radius 1 is 1.23 bits per heavy atom. The fourth-order valence-electron chi connectivity index (χ4n) is 3.99. The Morgan fingerprint density at radius 2 is 1.96 bits per heavy atom. The van der Waals surface area contributed by atoms with E-state index in [9.17, 15) is 9.90 Å². The van der Waals surface area contributed by atoms with E-state index < -0.39 is 0 Å². The number of hydrogen-bond donors (Lipinski definition) is 3. The Morgan fingerprint density at radius 3 is 2.65 bits per heavy atom. The first-order valence-corrected chi connectivity index (χ1v) is 10.1. The molecule has 1 saturated heterocycles. The molecule has 1 aromatic carbocycles. The van der Waals surface area contributed by atoms with Crippen LogP contribution in [0.25, 0.3) is 0 Å². The molecule has 2 aliphatic rings. The average molecular weight is 360 g/mol. The summed E-state index contributed by atoms with van der Waals surface area (Å²) in [5.74, 6) is 0.790. The fourth-order valence-corrected chi connectivity index (χ4v) is 3.99. The molecule has 0 radical (unpaired) electrons. The van der Waals surface area contributed by atoms with E-state index in [4.69, 9.17) is 0 Å². The highest BCUT2D eigenvalue weighted by molar-refractivity contribution is 5.82. The minimum atomic E-state index is -0.197. The number of rotatable bonds is 5. The highest BCUT2D eigenvalue weighted by Gasteiger charge is 2.27. The zero-order chi connectivity index (χ0) is 18.5. The third-order valence-electron chi connectivity index (χ3n) is 5.76. The van der Waals surface area contributed by atoms with E-state index >= 15 is 0 Å². The molecule has 0 aliphatic carbocycles. The van der Waals surface area contributed by atoms with Crippen LogP contribution in [0.1, 0.15) is 50.7 Å². The molecule has 1 unspecified atom stereocenters. The van der Waals surface area contributed by atoms with Crippen molar-refractivity contribution in [2.75, 3.05) is 19.6 Å². The Hall–Kier alpha value is -1.59. The zero-order valence-corrected chi connectivity index (χ0v) is 16.1. The summed E-state index contributed by atoms with van der Waals surface area (Å²) in [5, 5.41) is 16.2. The zero-order valence-electron chi connectivity index (χ0n) is 16.1. The number of likely N-dealkylation sites (tertiary alicyclic amines) is 1. The van der Waals surface area contributed by atoms with Crippen molar-refractivity contribution < 1.29 is 9.90 Å². The number of nitrogens with zero attached hydrogens (tertiary/aromatic N) is 1. The van der Waals surface area contributed by atoms with Crippen LogP contribution in [0.3, 0.4) is 0 Å². The van der Waals surface area contributed by atoms with Gasteiger partial charge in [-0.05, 0) is 61.5 Å². The number of carbonyl (C=O) groups is 1. The lowest BCUT2D eigenvalue weighted by atomic mass is 9.94. The van der Waals surface area contributed by atoms with Crippen LogP contribution in [0.4, 0.5) is 0 Å². The SMILES string of the molecule is CC(C)C(CN1CCCCCC1)NC(=O)[C@H]1Cc2ccc(O)cc2CN1. The van der Waals surface area contributed by atoms with Crippen LogP contribution in [-0.2, 0) is 17.8 Å². The van der Waals surface area contributed by atoms with Gasteiger partial charge in [-0.1, -0.05) is 32.8 Å². The fraction of sp³-hybridized carbons (Fsp3) is 0.667. The maximum Gasteiger partial charge on any atom is 0.237 e. The number of carbonyl (C=O) groups excluding carboxylic acids is 1. The summed E-state index contributed by atoms with van der Waals surface area (Å²) in [7, 11) is 0. The number of nitrogens with one attached hydrogen (secondary N) is 2. The first kappa shape index (κ1) is 19.2. The quantitative estimate of drug-likeness (QED) is 0.755. The summed E-state index contributed by atoms with van der Waals surface area (Å²) < 4.78 is 0. The molecule has 3 rings (SSSR count). The standard InChI is InChI=1S/C21H33N3O2/c1-15(2)20(14-24-9-5-3-4-6-10-24)23-21(26)19-12-16-7-8-18(25)11-17(16)13-22-19/h7-8,11,15,19-20,22,25H,3-6,9-10,12-14H2,1-2H3,(H,23,26)/t19-,20?/m1/s1. The van der Waals surface area contributed by atoms with Gasteiger partial charge in [0.1, 0.15) is 5.75 Å². The molecule has 0 spiro atoms. The third-order valence-corrected chi connectivity index (χ3v) is 5.76. The lowest BCUT2D eigenvalue weighted by Crippen LogP contribution is -2.54. The molecule has 144 valence electrons. The van der Waals surface area contributed by atoms with E-state index in [1.165, 1.54) is 25.7 Å². The highest BCUT2D eigenvalue weighted by Crippen LogP contribution is 2.22. The van der Waals surface area contributed by atoms with Gasteiger partial charge in [0.2, 0.25) is 5.91 Å². The lowest BCUT2D eigenvalue weighted by Gasteiger charge is -2.32. The van der Waals surface area contributed by atoms with E-state index in [1.54, 1.807) is 12.1 Å². The molecule has 2 heterocycles. The largest absolute Gasteiger partial charge is 0.508 e. The van der Waals surface area contributed by atoms with Crippen molar-refractivity contribution in [1.82, 2.24) is 15.5 Å². The van der Waals surface area contributed by atoms with E-state index in [1.807, 2.05) is 6.07 Å². The van der Waals surface area contributed by atoms with Crippen molar-refractivity contribution in [3.05, 3.63) is 29.3 Å². The van der Waals surface area contributed by atoms with Gasteiger partial charge in [-0.15, -0.1) is 0 Å². The van der Waals surface area contributed by atoms with Crippen LogP contribution in [0.2, 0.25) is 0 Å². The predicted molar refractivity (Wildman–Crippen MR) is 104 cm³/mol. The molecule has 0 aromatic heterocycles. The van der Waals surface area contributed by atoms with Crippen molar-refractivity contribution in [2.24, 2.45) is 5.92 Å². The predicted octanol–water partition coefficient (Wildman–Crippen LogP) is 2.42. The molecule has 5 heteroatoms. The van der Waals surface area contributed by atoms with E-state index in [0.717, 1.165) is 30.8 Å². The molecule has 1 fully saturated rings. The maximum atomic E-state index is 12.9. The topological polar surface area (TPSA) is 64.6 Å². The van der Waals surface area contributed by atoms with Gasteiger partial charge in [0.05, 0.1) is 6.04 Å². The van der Waals surface area contributed by atoms with Gasteiger partial charge >= 0.3 is 0 Å². The summed E-state index contributed by atoms with van der Waals surface area (Å²) in [6, 6.07) is 5.41. The Bertz CT molecular complexity index is 609. The minimum absolute atomic E-state index is 0.0947.